The zero-order valence-electron chi connectivity index (χ0n) is 15.6. The molecule has 0 radical (unpaired) electrons. The fourth-order valence-corrected chi connectivity index (χ4v) is 3.57. The van der Waals surface area contributed by atoms with Gasteiger partial charge in [-0.1, -0.05) is 41.9 Å². The van der Waals surface area contributed by atoms with Crippen LogP contribution in [0.1, 0.15) is 25.0 Å². The van der Waals surface area contributed by atoms with Crippen molar-refractivity contribution in [3.8, 4) is 22.5 Å². The summed E-state index contributed by atoms with van der Waals surface area (Å²) in [6.45, 7) is 1.89. The van der Waals surface area contributed by atoms with Gasteiger partial charge in [-0.2, -0.15) is 0 Å². The topological polar surface area (TPSA) is 72.4 Å². The highest BCUT2D eigenvalue weighted by Crippen LogP contribution is 2.34. The third-order valence-electron chi connectivity index (χ3n) is 5.36. The molecular weight excluding hydrogens is 352 g/mol. The maximum absolute atomic E-state index is 12.2. The van der Waals surface area contributed by atoms with E-state index in [2.05, 4.69) is 10.5 Å². The fraction of sp³-hybridized carbons (Fsp3) is 0.227. The molecule has 1 amide bonds. The van der Waals surface area contributed by atoms with Gasteiger partial charge in [-0.05, 0) is 31.9 Å². The molecule has 28 heavy (non-hydrogen) atoms. The first kappa shape index (κ1) is 16.7. The molecule has 1 N–H and O–H groups in total. The number of nitrogens with zero attached hydrogens (tertiary/aromatic N) is 3. The number of amides is 1. The van der Waals surface area contributed by atoms with E-state index in [1.807, 2.05) is 66.2 Å². The van der Waals surface area contributed by atoms with Crippen molar-refractivity contribution in [2.75, 3.05) is 5.32 Å². The molecule has 5 rings (SSSR count). The summed E-state index contributed by atoms with van der Waals surface area (Å²) in [7, 11) is 0. The average Bonchev–Trinajstić information content (AvgIpc) is 3.23. The molecular formula is C22H20N4O2. The SMILES string of the molecule is Cc1onc(-c2ccccc2)c1-c1cn2cc(NC(=O)C3CCC3)ccc2n1. The number of rotatable bonds is 4. The Kier molecular flexibility index (Phi) is 3.97. The van der Waals surface area contributed by atoms with Gasteiger partial charge in [0.15, 0.2) is 0 Å². The van der Waals surface area contributed by atoms with Crippen molar-refractivity contribution in [3.05, 3.63) is 60.6 Å². The van der Waals surface area contributed by atoms with Crippen LogP contribution in [0.25, 0.3) is 28.2 Å². The predicted octanol–water partition coefficient (Wildman–Crippen LogP) is 4.70. The van der Waals surface area contributed by atoms with Crippen molar-refractivity contribution in [1.29, 1.82) is 0 Å². The number of aromatic nitrogens is 3. The van der Waals surface area contributed by atoms with Crippen molar-refractivity contribution in [1.82, 2.24) is 14.5 Å². The van der Waals surface area contributed by atoms with Crippen LogP contribution in [0.2, 0.25) is 0 Å². The Labute approximate surface area is 162 Å². The number of fused-ring (bicyclic) bond motifs is 1. The van der Waals surface area contributed by atoms with E-state index in [0.29, 0.717) is 0 Å². The number of hydrogen-bond donors (Lipinski definition) is 1. The molecule has 0 aliphatic heterocycles. The Morgan fingerprint density at radius 2 is 1.96 bits per heavy atom. The molecule has 140 valence electrons. The molecule has 6 heteroatoms. The summed E-state index contributed by atoms with van der Waals surface area (Å²) in [5.74, 6) is 0.982. The van der Waals surface area contributed by atoms with Crippen LogP contribution in [0.15, 0.2) is 59.4 Å². The number of imidazole rings is 1. The van der Waals surface area contributed by atoms with E-state index in [9.17, 15) is 4.79 Å². The Morgan fingerprint density at radius 3 is 2.71 bits per heavy atom. The minimum atomic E-state index is 0.104. The lowest BCUT2D eigenvalue weighted by molar-refractivity contribution is -0.122. The van der Waals surface area contributed by atoms with Gasteiger partial charge < -0.3 is 14.2 Å². The number of pyridine rings is 1. The maximum atomic E-state index is 12.2. The van der Waals surface area contributed by atoms with Gasteiger partial charge >= 0.3 is 0 Å². The first-order chi connectivity index (χ1) is 13.7. The Bertz CT molecular complexity index is 1160. The van der Waals surface area contributed by atoms with Crippen LogP contribution < -0.4 is 5.32 Å². The Hall–Kier alpha value is -3.41. The molecule has 1 aliphatic carbocycles. The van der Waals surface area contributed by atoms with Crippen LogP contribution in [0.3, 0.4) is 0 Å². The van der Waals surface area contributed by atoms with Crippen molar-refractivity contribution in [2.24, 2.45) is 5.92 Å². The van der Waals surface area contributed by atoms with Crippen LogP contribution >= 0.6 is 0 Å². The van der Waals surface area contributed by atoms with Crippen molar-refractivity contribution >= 4 is 17.2 Å². The number of aryl methyl sites for hydroxylation is 1. The van der Waals surface area contributed by atoms with Crippen LogP contribution in [0.4, 0.5) is 5.69 Å². The van der Waals surface area contributed by atoms with Crippen molar-refractivity contribution in [2.45, 2.75) is 26.2 Å². The molecule has 0 unspecified atom stereocenters. The van der Waals surface area contributed by atoms with Gasteiger partial charge in [-0.3, -0.25) is 4.79 Å². The molecule has 6 nitrogen and oxygen atoms in total. The third kappa shape index (κ3) is 2.87. The van der Waals surface area contributed by atoms with Gasteiger partial charge in [-0.25, -0.2) is 4.98 Å². The summed E-state index contributed by atoms with van der Waals surface area (Å²) in [4.78, 5) is 16.9. The average molecular weight is 372 g/mol. The number of benzene rings is 1. The van der Waals surface area contributed by atoms with E-state index in [0.717, 1.165) is 58.9 Å². The molecule has 3 heterocycles. The summed E-state index contributed by atoms with van der Waals surface area (Å²) in [6, 6.07) is 13.7. The summed E-state index contributed by atoms with van der Waals surface area (Å²) < 4.78 is 7.39. The second kappa shape index (κ2) is 6.64. The second-order valence-electron chi connectivity index (χ2n) is 7.25. The van der Waals surface area contributed by atoms with Crippen LogP contribution in [0.5, 0.6) is 0 Å². The molecule has 1 aliphatic rings. The first-order valence-electron chi connectivity index (χ1n) is 9.51. The quantitative estimate of drug-likeness (QED) is 0.563. The molecule has 3 aromatic heterocycles. The minimum Gasteiger partial charge on any atom is -0.360 e. The number of carbonyl (C=O) groups excluding carboxylic acids is 1. The van der Waals surface area contributed by atoms with Crippen LogP contribution in [-0.4, -0.2) is 20.4 Å². The maximum Gasteiger partial charge on any atom is 0.227 e. The van der Waals surface area contributed by atoms with Gasteiger partial charge in [0.2, 0.25) is 5.91 Å². The fourth-order valence-electron chi connectivity index (χ4n) is 3.57. The van der Waals surface area contributed by atoms with Gasteiger partial charge in [0.25, 0.3) is 0 Å². The standard InChI is InChI=1S/C22H20N4O2/c1-14-20(21(25-28-14)15-6-3-2-4-7-15)18-13-26-12-17(10-11-19(26)24-18)23-22(27)16-8-5-9-16/h2-4,6-7,10-13,16H,5,8-9H2,1H3,(H,23,27). The summed E-state index contributed by atoms with van der Waals surface area (Å²) in [5, 5.41) is 7.25. The van der Waals surface area contributed by atoms with Crippen molar-refractivity contribution < 1.29 is 9.32 Å². The number of hydrogen-bond acceptors (Lipinski definition) is 4. The monoisotopic (exact) mass is 372 g/mol. The smallest absolute Gasteiger partial charge is 0.227 e. The van der Waals surface area contributed by atoms with E-state index in [-0.39, 0.29) is 11.8 Å². The van der Waals surface area contributed by atoms with Crippen LogP contribution in [-0.2, 0) is 4.79 Å². The highest BCUT2D eigenvalue weighted by molar-refractivity contribution is 5.93. The molecule has 4 aromatic rings. The van der Waals surface area contributed by atoms with Gasteiger partial charge in [-0.15, -0.1) is 0 Å². The molecule has 0 atom stereocenters. The van der Waals surface area contributed by atoms with E-state index < -0.39 is 0 Å². The second-order valence-corrected chi connectivity index (χ2v) is 7.25. The zero-order chi connectivity index (χ0) is 19.1. The molecule has 0 saturated heterocycles. The summed E-state index contributed by atoms with van der Waals surface area (Å²) in [6.07, 6.45) is 6.95. The summed E-state index contributed by atoms with van der Waals surface area (Å²) in [5.41, 5.74) is 5.02. The van der Waals surface area contributed by atoms with E-state index in [1.165, 1.54) is 0 Å². The van der Waals surface area contributed by atoms with Crippen molar-refractivity contribution in [3.63, 3.8) is 0 Å². The predicted molar refractivity (Wildman–Crippen MR) is 107 cm³/mol. The van der Waals surface area contributed by atoms with E-state index >= 15 is 0 Å². The van der Waals surface area contributed by atoms with E-state index in [1.54, 1.807) is 0 Å². The lowest BCUT2D eigenvalue weighted by atomic mass is 9.85. The third-order valence-corrected chi connectivity index (χ3v) is 5.36. The molecule has 1 fully saturated rings. The van der Waals surface area contributed by atoms with E-state index in [4.69, 9.17) is 9.51 Å². The largest absolute Gasteiger partial charge is 0.360 e. The molecule has 1 saturated carbocycles. The highest BCUT2D eigenvalue weighted by atomic mass is 16.5. The summed E-state index contributed by atoms with van der Waals surface area (Å²) >= 11 is 0. The number of nitrogens with one attached hydrogen (secondary N) is 1. The number of anilines is 1. The Morgan fingerprint density at radius 1 is 1.14 bits per heavy atom. The molecule has 0 spiro atoms. The number of carbonyl (C=O) groups is 1. The van der Waals surface area contributed by atoms with Gasteiger partial charge in [0.05, 0.1) is 16.9 Å². The van der Waals surface area contributed by atoms with Gasteiger partial charge in [0, 0.05) is 23.9 Å². The lowest BCUT2D eigenvalue weighted by Gasteiger charge is -2.23. The Balaban J connectivity index is 1.51. The lowest BCUT2D eigenvalue weighted by Crippen LogP contribution is -2.28. The highest BCUT2D eigenvalue weighted by Gasteiger charge is 2.25. The molecule has 1 aromatic carbocycles. The zero-order valence-corrected chi connectivity index (χ0v) is 15.6. The first-order valence-corrected chi connectivity index (χ1v) is 9.51. The minimum absolute atomic E-state index is 0.104. The molecule has 0 bridgehead atoms. The van der Waals surface area contributed by atoms with Gasteiger partial charge in [0.1, 0.15) is 17.1 Å². The normalized spacial score (nSPS) is 14.2. The van der Waals surface area contributed by atoms with Crippen LogP contribution in [0, 0.1) is 12.8 Å².